The summed E-state index contributed by atoms with van der Waals surface area (Å²) in [5.74, 6) is 0. The van der Waals surface area contributed by atoms with Gasteiger partial charge in [-0.05, 0) is 26.0 Å². The van der Waals surface area contributed by atoms with Crippen molar-refractivity contribution in [2.45, 2.75) is 33.2 Å². The van der Waals surface area contributed by atoms with Gasteiger partial charge in [-0.15, -0.1) is 0 Å². The third kappa shape index (κ3) is 5.55. The van der Waals surface area contributed by atoms with Crippen molar-refractivity contribution < 1.29 is 5.11 Å². The van der Waals surface area contributed by atoms with Gasteiger partial charge in [-0.2, -0.15) is 0 Å². The van der Waals surface area contributed by atoms with E-state index in [0.29, 0.717) is 0 Å². The summed E-state index contributed by atoms with van der Waals surface area (Å²) in [5.41, 5.74) is 2.53. The maximum absolute atomic E-state index is 8.98. The van der Waals surface area contributed by atoms with Crippen molar-refractivity contribution in [3.8, 4) is 0 Å². The van der Waals surface area contributed by atoms with Crippen LogP contribution in [0.25, 0.3) is 0 Å². The van der Waals surface area contributed by atoms with Crippen molar-refractivity contribution in [3.05, 3.63) is 35.4 Å². The van der Waals surface area contributed by atoms with E-state index in [9.17, 15) is 0 Å². The van der Waals surface area contributed by atoms with Crippen LogP contribution in [0.4, 0.5) is 0 Å². The molecule has 1 rings (SSSR count). The number of nitrogens with one attached hydrogen (secondary N) is 1. The normalized spacial score (nSPS) is 11.5. The lowest BCUT2D eigenvalue weighted by Gasteiger charge is -2.12. The average molecular weight is 209 g/mol. The molecule has 0 aliphatic heterocycles. The van der Waals surface area contributed by atoms with Gasteiger partial charge in [0.2, 0.25) is 0 Å². The molecule has 1 aromatic carbocycles. The van der Waals surface area contributed by atoms with Gasteiger partial charge >= 0.3 is 0 Å². The first kappa shape index (κ1) is 14.1. The molecule has 0 spiro atoms. The molecule has 2 nitrogen and oxygen atoms in total. The summed E-state index contributed by atoms with van der Waals surface area (Å²) in [6.45, 7) is 6.26. The fraction of sp³-hybridized carbons (Fsp3) is 0.538. The third-order valence-corrected chi connectivity index (χ3v) is 2.23. The average Bonchev–Trinajstić information content (AvgIpc) is 2.31. The summed E-state index contributed by atoms with van der Waals surface area (Å²) < 4.78 is 0. The van der Waals surface area contributed by atoms with E-state index in [1.54, 1.807) is 0 Å². The summed E-state index contributed by atoms with van der Waals surface area (Å²) >= 11 is 0. The highest BCUT2D eigenvalue weighted by Gasteiger charge is 2.04. The number of likely N-dealkylation sites (N-methyl/N-ethyl adjacent to an activating group) is 1. The molecule has 1 aromatic rings. The van der Waals surface area contributed by atoms with Crippen LogP contribution < -0.4 is 5.32 Å². The molecule has 0 aliphatic rings. The van der Waals surface area contributed by atoms with Gasteiger partial charge in [0, 0.05) is 6.04 Å². The van der Waals surface area contributed by atoms with Crippen LogP contribution in [0.1, 0.15) is 25.0 Å². The van der Waals surface area contributed by atoms with Gasteiger partial charge in [-0.3, -0.25) is 0 Å². The maximum atomic E-state index is 8.98. The van der Waals surface area contributed by atoms with Crippen LogP contribution in [0, 0.1) is 6.92 Å². The first-order valence-electron chi connectivity index (χ1n) is 5.60. The van der Waals surface area contributed by atoms with Gasteiger partial charge in [0.05, 0.1) is 6.61 Å². The molecule has 0 fully saturated rings. The Labute approximate surface area is 93.3 Å². The minimum atomic E-state index is 0.169. The summed E-state index contributed by atoms with van der Waals surface area (Å²) in [6.07, 6.45) is 0.882. The topological polar surface area (TPSA) is 32.3 Å². The van der Waals surface area contributed by atoms with E-state index in [1.807, 2.05) is 20.9 Å². The highest BCUT2D eigenvalue weighted by molar-refractivity contribution is 5.22. The van der Waals surface area contributed by atoms with Gasteiger partial charge in [0.15, 0.2) is 0 Å². The molecule has 0 radical (unpaired) electrons. The molecule has 0 saturated carbocycles. The van der Waals surface area contributed by atoms with Crippen LogP contribution in [-0.2, 0) is 6.42 Å². The predicted molar refractivity (Wildman–Crippen MR) is 66.2 cm³/mol. The summed E-state index contributed by atoms with van der Waals surface area (Å²) in [5, 5.41) is 12.0. The van der Waals surface area contributed by atoms with Crippen molar-refractivity contribution in [1.82, 2.24) is 5.32 Å². The van der Waals surface area contributed by atoms with Crippen LogP contribution >= 0.6 is 0 Å². The zero-order valence-corrected chi connectivity index (χ0v) is 10.2. The smallest absolute Gasteiger partial charge is 0.0587 e. The SMILES string of the molecule is CC.CNC(CO)Cc1ccc(C)cc1. The molecule has 86 valence electrons. The maximum Gasteiger partial charge on any atom is 0.0587 e. The Kier molecular flexibility index (Phi) is 7.96. The zero-order chi connectivity index (χ0) is 11.7. The molecule has 2 heteroatoms. The van der Waals surface area contributed by atoms with Gasteiger partial charge in [0.1, 0.15) is 0 Å². The Morgan fingerprint density at radius 1 is 1.20 bits per heavy atom. The second-order valence-electron chi connectivity index (χ2n) is 3.36. The Hall–Kier alpha value is -0.860. The molecular weight excluding hydrogens is 186 g/mol. The van der Waals surface area contributed by atoms with Crippen LogP contribution in [-0.4, -0.2) is 24.8 Å². The van der Waals surface area contributed by atoms with Crippen molar-refractivity contribution in [2.24, 2.45) is 0 Å². The summed E-state index contributed by atoms with van der Waals surface area (Å²) in [6, 6.07) is 8.58. The molecule has 1 atom stereocenters. The standard InChI is InChI=1S/C11H17NO.C2H6/c1-9-3-5-10(6-4-9)7-11(8-13)12-2;1-2/h3-6,11-13H,7-8H2,1-2H3;1-2H3. The lowest BCUT2D eigenvalue weighted by atomic mass is 10.1. The van der Waals surface area contributed by atoms with Gasteiger partial charge in [0.25, 0.3) is 0 Å². The molecule has 0 aliphatic carbocycles. The lowest BCUT2D eigenvalue weighted by Crippen LogP contribution is -2.31. The number of aryl methyl sites for hydroxylation is 1. The Balaban J connectivity index is 0.000000921. The number of hydrogen-bond acceptors (Lipinski definition) is 2. The van der Waals surface area contributed by atoms with Crippen molar-refractivity contribution in [3.63, 3.8) is 0 Å². The molecule has 15 heavy (non-hydrogen) atoms. The molecule has 0 saturated heterocycles. The quantitative estimate of drug-likeness (QED) is 0.796. The van der Waals surface area contributed by atoms with E-state index in [1.165, 1.54) is 11.1 Å². The van der Waals surface area contributed by atoms with E-state index < -0.39 is 0 Å². The minimum Gasteiger partial charge on any atom is -0.395 e. The van der Waals surface area contributed by atoms with Crippen molar-refractivity contribution in [1.29, 1.82) is 0 Å². The Bertz CT molecular complexity index is 239. The second-order valence-corrected chi connectivity index (χ2v) is 3.36. The molecule has 0 bridgehead atoms. The molecular formula is C13H23NO. The van der Waals surface area contributed by atoms with Gasteiger partial charge in [-0.1, -0.05) is 43.7 Å². The van der Waals surface area contributed by atoms with Crippen LogP contribution in [0.2, 0.25) is 0 Å². The zero-order valence-electron chi connectivity index (χ0n) is 10.2. The van der Waals surface area contributed by atoms with E-state index in [-0.39, 0.29) is 12.6 Å². The first-order chi connectivity index (χ1) is 7.26. The van der Waals surface area contributed by atoms with Gasteiger partial charge in [-0.25, -0.2) is 0 Å². The molecule has 2 N–H and O–H groups in total. The Morgan fingerprint density at radius 3 is 2.13 bits per heavy atom. The largest absolute Gasteiger partial charge is 0.395 e. The predicted octanol–water partition coefficient (Wildman–Crippen LogP) is 2.14. The summed E-state index contributed by atoms with van der Waals surface area (Å²) in [7, 11) is 1.87. The van der Waals surface area contributed by atoms with E-state index in [0.717, 1.165) is 6.42 Å². The highest BCUT2D eigenvalue weighted by Crippen LogP contribution is 2.05. The fourth-order valence-corrected chi connectivity index (χ4v) is 1.27. The van der Waals surface area contributed by atoms with E-state index in [2.05, 4.69) is 36.5 Å². The number of rotatable bonds is 4. The van der Waals surface area contributed by atoms with E-state index >= 15 is 0 Å². The monoisotopic (exact) mass is 209 g/mol. The van der Waals surface area contributed by atoms with Crippen molar-refractivity contribution in [2.75, 3.05) is 13.7 Å². The molecule has 0 amide bonds. The summed E-state index contributed by atoms with van der Waals surface area (Å²) in [4.78, 5) is 0. The number of hydrogen-bond donors (Lipinski definition) is 2. The number of aliphatic hydroxyl groups is 1. The number of benzene rings is 1. The second kappa shape index (κ2) is 8.45. The fourth-order valence-electron chi connectivity index (χ4n) is 1.27. The van der Waals surface area contributed by atoms with Gasteiger partial charge < -0.3 is 10.4 Å². The third-order valence-electron chi connectivity index (χ3n) is 2.23. The van der Waals surface area contributed by atoms with Crippen LogP contribution in [0.3, 0.4) is 0 Å². The van der Waals surface area contributed by atoms with Crippen LogP contribution in [0.5, 0.6) is 0 Å². The molecule has 0 aromatic heterocycles. The molecule has 1 unspecified atom stereocenters. The van der Waals surface area contributed by atoms with E-state index in [4.69, 9.17) is 5.11 Å². The number of aliphatic hydroxyl groups excluding tert-OH is 1. The van der Waals surface area contributed by atoms with Crippen LogP contribution in [0.15, 0.2) is 24.3 Å². The highest BCUT2D eigenvalue weighted by atomic mass is 16.3. The Morgan fingerprint density at radius 2 is 1.73 bits per heavy atom. The lowest BCUT2D eigenvalue weighted by molar-refractivity contribution is 0.248. The first-order valence-corrected chi connectivity index (χ1v) is 5.60. The molecule has 0 heterocycles. The minimum absolute atomic E-state index is 0.169. The van der Waals surface area contributed by atoms with Crippen molar-refractivity contribution >= 4 is 0 Å².